The van der Waals surface area contributed by atoms with E-state index in [2.05, 4.69) is 0 Å². The molecule has 0 radical (unpaired) electrons. The molecule has 0 aliphatic heterocycles. The number of fused-ring (bicyclic) bond motifs is 4. The average molecular weight is 308 g/mol. The van der Waals surface area contributed by atoms with E-state index in [0.717, 1.165) is 38.6 Å². The fourth-order valence-corrected chi connectivity index (χ4v) is 3.85. The van der Waals surface area contributed by atoms with E-state index in [0.29, 0.717) is 5.56 Å². The van der Waals surface area contributed by atoms with E-state index >= 15 is 0 Å². The summed E-state index contributed by atoms with van der Waals surface area (Å²) in [6.07, 6.45) is -1.98. The molecule has 0 bridgehead atoms. The van der Waals surface area contributed by atoms with E-state index < -0.39 is 12.2 Å². The third-order valence-electron chi connectivity index (χ3n) is 4.98. The van der Waals surface area contributed by atoms with E-state index in [1.165, 1.54) is 12.1 Å². The number of hydrogen-bond acceptors (Lipinski definition) is 2. The van der Waals surface area contributed by atoms with Crippen LogP contribution in [-0.2, 0) is 0 Å². The maximum Gasteiger partial charge on any atom is 0.123 e. The Kier molecular flexibility index (Phi) is 3.05. The van der Waals surface area contributed by atoms with Crippen LogP contribution in [0.2, 0.25) is 0 Å². The van der Waals surface area contributed by atoms with Gasteiger partial charge >= 0.3 is 0 Å². The van der Waals surface area contributed by atoms with Crippen molar-refractivity contribution >= 4 is 10.8 Å². The van der Waals surface area contributed by atoms with Gasteiger partial charge in [0.25, 0.3) is 0 Å². The van der Waals surface area contributed by atoms with Crippen molar-refractivity contribution in [3.8, 4) is 11.1 Å². The van der Waals surface area contributed by atoms with E-state index in [1.54, 1.807) is 6.07 Å². The largest absolute Gasteiger partial charge is 0.385 e. The van der Waals surface area contributed by atoms with E-state index in [1.807, 2.05) is 38.1 Å². The molecule has 23 heavy (non-hydrogen) atoms. The van der Waals surface area contributed by atoms with Gasteiger partial charge in [-0.1, -0.05) is 30.3 Å². The van der Waals surface area contributed by atoms with Crippen LogP contribution in [0.4, 0.5) is 4.39 Å². The quantitative estimate of drug-likeness (QED) is 0.648. The van der Waals surface area contributed by atoms with Crippen LogP contribution >= 0.6 is 0 Å². The van der Waals surface area contributed by atoms with Gasteiger partial charge in [0.05, 0.1) is 0 Å². The Balaban J connectivity index is 2.20. The molecule has 0 amide bonds. The molecule has 3 aromatic carbocycles. The van der Waals surface area contributed by atoms with Gasteiger partial charge in [-0.25, -0.2) is 4.39 Å². The summed E-state index contributed by atoms with van der Waals surface area (Å²) in [7, 11) is 0. The minimum Gasteiger partial charge on any atom is -0.385 e. The molecule has 1 aliphatic carbocycles. The highest BCUT2D eigenvalue weighted by molar-refractivity contribution is 5.97. The lowest BCUT2D eigenvalue weighted by molar-refractivity contribution is 0.0155. The van der Waals surface area contributed by atoms with Crippen molar-refractivity contribution in [1.82, 2.24) is 0 Å². The predicted octanol–water partition coefficient (Wildman–Crippen LogP) is 4.34. The summed E-state index contributed by atoms with van der Waals surface area (Å²) in [4.78, 5) is 0. The minimum absolute atomic E-state index is 0.300. The van der Waals surface area contributed by atoms with Crippen LogP contribution in [0.25, 0.3) is 21.9 Å². The van der Waals surface area contributed by atoms with Crippen molar-refractivity contribution < 1.29 is 14.6 Å². The topological polar surface area (TPSA) is 40.5 Å². The van der Waals surface area contributed by atoms with Gasteiger partial charge in [0.15, 0.2) is 0 Å². The van der Waals surface area contributed by atoms with Crippen LogP contribution in [-0.4, -0.2) is 10.2 Å². The van der Waals surface area contributed by atoms with Gasteiger partial charge in [0.1, 0.15) is 18.0 Å². The third-order valence-corrected chi connectivity index (χ3v) is 4.98. The molecule has 3 heteroatoms. The second-order valence-electron chi connectivity index (χ2n) is 6.21. The first-order valence-corrected chi connectivity index (χ1v) is 7.68. The number of aliphatic hydroxyl groups is 2. The summed E-state index contributed by atoms with van der Waals surface area (Å²) in [5.41, 5.74) is 5.14. The molecule has 2 nitrogen and oxygen atoms in total. The number of aryl methyl sites for hydroxylation is 2. The Morgan fingerprint density at radius 3 is 2.39 bits per heavy atom. The first-order valence-electron chi connectivity index (χ1n) is 7.68. The molecular weight excluding hydrogens is 291 g/mol. The highest BCUT2D eigenvalue weighted by Gasteiger charge is 2.34. The molecule has 2 atom stereocenters. The Labute approximate surface area is 133 Å². The lowest BCUT2D eigenvalue weighted by atomic mass is 9.76. The van der Waals surface area contributed by atoms with Gasteiger partial charge in [-0.2, -0.15) is 0 Å². The Hall–Kier alpha value is -2.23. The Morgan fingerprint density at radius 2 is 1.61 bits per heavy atom. The number of aliphatic hydroxyl groups excluding tert-OH is 2. The van der Waals surface area contributed by atoms with Crippen LogP contribution < -0.4 is 0 Å². The molecule has 116 valence electrons. The normalized spacial score (nSPS) is 19.5. The monoisotopic (exact) mass is 308 g/mol. The highest BCUT2D eigenvalue weighted by Crippen LogP contribution is 2.49. The fraction of sp³-hybridized carbons (Fsp3) is 0.200. The van der Waals surface area contributed by atoms with Crippen LogP contribution in [0.15, 0.2) is 42.5 Å². The van der Waals surface area contributed by atoms with Crippen LogP contribution in [0.3, 0.4) is 0 Å². The van der Waals surface area contributed by atoms with Crippen LogP contribution in [0, 0.1) is 19.7 Å². The molecular formula is C20H17FO2. The molecule has 2 unspecified atom stereocenters. The number of halogens is 1. The SMILES string of the molecule is Cc1c2c(c(C)c3cc(F)ccc13)C(O)C(O)c1ccccc1-2. The summed E-state index contributed by atoms with van der Waals surface area (Å²) in [6, 6.07) is 12.3. The molecule has 2 N–H and O–H groups in total. The van der Waals surface area contributed by atoms with Crippen molar-refractivity contribution in [1.29, 1.82) is 0 Å². The van der Waals surface area contributed by atoms with Crippen molar-refractivity contribution in [2.24, 2.45) is 0 Å². The molecule has 0 spiro atoms. The minimum atomic E-state index is -1.01. The van der Waals surface area contributed by atoms with Gasteiger partial charge in [-0.15, -0.1) is 0 Å². The summed E-state index contributed by atoms with van der Waals surface area (Å²) in [6.45, 7) is 3.86. The zero-order valence-electron chi connectivity index (χ0n) is 13.0. The van der Waals surface area contributed by atoms with Gasteiger partial charge in [-0.3, -0.25) is 0 Å². The van der Waals surface area contributed by atoms with Crippen molar-refractivity contribution in [3.63, 3.8) is 0 Å². The smallest absolute Gasteiger partial charge is 0.123 e. The summed E-state index contributed by atoms with van der Waals surface area (Å²) in [5, 5.41) is 22.9. The summed E-state index contributed by atoms with van der Waals surface area (Å²) >= 11 is 0. The first-order chi connectivity index (χ1) is 11.0. The summed E-state index contributed by atoms with van der Waals surface area (Å²) in [5.74, 6) is -0.300. The maximum absolute atomic E-state index is 13.7. The zero-order chi connectivity index (χ0) is 16.3. The van der Waals surface area contributed by atoms with Crippen LogP contribution in [0.1, 0.15) is 34.5 Å². The van der Waals surface area contributed by atoms with Gasteiger partial charge in [0.2, 0.25) is 0 Å². The molecule has 0 saturated heterocycles. The first kappa shape index (κ1) is 14.4. The van der Waals surface area contributed by atoms with Crippen molar-refractivity contribution in [3.05, 3.63) is 70.5 Å². The van der Waals surface area contributed by atoms with Gasteiger partial charge in [0, 0.05) is 0 Å². The number of rotatable bonds is 0. The van der Waals surface area contributed by atoms with E-state index in [-0.39, 0.29) is 5.82 Å². The lowest BCUT2D eigenvalue weighted by Gasteiger charge is -2.32. The van der Waals surface area contributed by atoms with Crippen LogP contribution in [0.5, 0.6) is 0 Å². The van der Waals surface area contributed by atoms with Crippen molar-refractivity contribution in [2.45, 2.75) is 26.1 Å². The van der Waals surface area contributed by atoms with Gasteiger partial charge < -0.3 is 10.2 Å². The average Bonchev–Trinajstić information content (AvgIpc) is 2.56. The zero-order valence-corrected chi connectivity index (χ0v) is 13.0. The highest BCUT2D eigenvalue weighted by atomic mass is 19.1. The third kappa shape index (κ3) is 1.87. The Bertz CT molecular complexity index is 946. The second-order valence-corrected chi connectivity index (χ2v) is 6.21. The molecule has 0 aromatic heterocycles. The molecule has 4 rings (SSSR count). The van der Waals surface area contributed by atoms with Gasteiger partial charge in [-0.05, 0) is 70.1 Å². The second kappa shape index (κ2) is 4.88. The molecule has 0 fully saturated rings. The Morgan fingerprint density at radius 1 is 0.870 bits per heavy atom. The number of hydrogen-bond donors (Lipinski definition) is 2. The molecule has 3 aromatic rings. The number of benzene rings is 3. The molecule has 0 saturated carbocycles. The van der Waals surface area contributed by atoms with E-state index in [9.17, 15) is 14.6 Å². The summed E-state index contributed by atoms with van der Waals surface area (Å²) < 4.78 is 13.7. The molecule has 1 aliphatic rings. The lowest BCUT2D eigenvalue weighted by Crippen LogP contribution is -2.19. The maximum atomic E-state index is 13.7. The standard InChI is InChI=1S/C20H17FO2/c1-10-13-8-7-12(21)9-16(13)11(2)18-17(10)14-5-3-4-6-15(14)19(22)20(18)23/h3-9,19-20,22-23H,1-2H3. The predicted molar refractivity (Wildman–Crippen MR) is 88.7 cm³/mol. The van der Waals surface area contributed by atoms with E-state index in [4.69, 9.17) is 0 Å². The molecule has 0 heterocycles. The fourth-order valence-electron chi connectivity index (χ4n) is 3.85. The van der Waals surface area contributed by atoms with Crippen molar-refractivity contribution in [2.75, 3.05) is 0 Å².